The predicted molar refractivity (Wildman–Crippen MR) is 81.4 cm³/mol. The van der Waals surface area contributed by atoms with Gasteiger partial charge in [0.1, 0.15) is 0 Å². The molecule has 8 heteroatoms. The number of rotatable bonds is 2. The Hall–Kier alpha value is -1.76. The van der Waals surface area contributed by atoms with E-state index in [1.54, 1.807) is 0 Å². The van der Waals surface area contributed by atoms with Crippen LogP contribution in [0.1, 0.15) is 32.4 Å². The van der Waals surface area contributed by atoms with Crippen molar-refractivity contribution >= 4 is 4.50 Å². The molecular weight excluding hydrogens is 384 g/mol. The molecule has 0 spiro atoms. The molecule has 0 bridgehead atoms. The molecule has 0 saturated carbocycles. The minimum absolute atomic E-state index is 0.226. The summed E-state index contributed by atoms with van der Waals surface area (Å²) in [7, 11) is 0. The summed E-state index contributed by atoms with van der Waals surface area (Å²) >= 11 is 3.10. The molecule has 0 aliphatic carbocycles. The van der Waals surface area contributed by atoms with E-state index in [0.717, 1.165) is 6.61 Å². The van der Waals surface area contributed by atoms with Crippen molar-refractivity contribution in [3.05, 3.63) is 69.1 Å². The Labute approximate surface area is 161 Å². The van der Waals surface area contributed by atoms with Crippen LogP contribution in [0.15, 0.2) is 30.3 Å². The van der Waals surface area contributed by atoms with E-state index in [1.807, 2.05) is 6.07 Å². The van der Waals surface area contributed by atoms with Gasteiger partial charge >= 0.3 is 162 Å². The van der Waals surface area contributed by atoms with Gasteiger partial charge in [0.05, 0.1) is 0 Å². The Morgan fingerprint density at radius 2 is 1.35 bits per heavy atom. The van der Waals surface area contributed by atoms with Gasteiger partial charge in [0.2, 0.25) is 0 Å². The SMILES string of the molecule is C[13C](=[Cr])N1[C@@H](c2ccccc2)COC1(C)C.[13C-]#[O+].[13C-]#[O+].[13C-]#[O+].[13C-]#[O+].[13C-]#[O+]. The van der Waals surface area contributed by atoms with Crippen molar-refractivity contribution in [3.63, 3.8) is 0 Å². The Morgan fingerprint density at radius 1 is 0.962 bits per heavy atom. The van der Waals surface area contributed by atoms with Crippen molar-refractivity contribution in [1.82, 2.24) is 4.90 Å². The molecule has 1 aliphatic rings. The van der Waals surface area contributed by atoms with E-state index in [-0.39, 0.29) is 5.72 Å². The van der Waals surface area contributed by atoms with E-state index in [2.05, 4.69) is 99.0 Å². The number of ether oxygens (including phenoxy) is 1. The Kier molecular flexibility index (Phi) is 26.2. The fourth-order valence-electron chi connectivity index (χ4n) is 2.32. The van der Waals surface area contributed by atoms with Crippen LogP contribution in [0.25, 0.3) is 0 Å². The number of hydrogen-bond acceptors (Lipinski definition) is 2. The summed E-state index contributed by atoms with van der Waals surface area (Å²) < 4.78 is 44.5. The van der Waals surface area contributed by atoms with Gasteiger partial charge in [-0.1, -0.05) is 0 Å². The van der Waals surface area contributed by atoms with Crippen LogP contribution in [0.4, 0.5) is 0 Å². The van der Waals surface area contributed by atoms with Crippen molar-refractivity contribution in [3.8, 4) is 0 Å². The van der Waals surface area contributed by atoms with Gasteiger partial charge in [-0.25, -0.2) is 0 Å². The van der Waals surface area contributed by atoms with Crippen molar-refractivity contribution in [2.45, 2.75) is 32.5 Å². The zero-order valence-electron chi connectivity index (χ0n) is 14.5. The molecule has 1 aliphatic heterocycles. The van der Waals surface area contributed by atoms with Crippen molar-refractivity contribution in [2.75, 3.05) is 6.61 Å². The van der Waals surface area contributed by atoms with Crippen LogP contribution in [-0.4, -0.2) is 21.7 Å². The summed E-state index contributed by atoms with van der Waals surface area (Å²) in [5.41, 5.74) is 1.08. The maximum absolute atomic E-state index is 7.50. The Balaban J connectivity index is -0.000000210. The van der Waals surface area contributed by atoms with Crippen LogP contribution in [0, 0.1) is 33.3 Å². The van der Waals surface area contributed by atoms with Crippen LogP contribution < -0.4 is 0 Å². The number of benzene rings is 1. The van der Waals surface area contributed by atoms with Gasteiger partial charge in [0.25, 0.3) is 0 Å². The van der Waals surface area contributed by atoms with E-state index in [1.165, 1.54) is 10.1 Å². The maximum atomic E-state index is 7.50. The molecule has 1 saturated heterocycles. The molecule has 1 atom stereocenters. The summed E-state index contributed by atoms with van der Waals surface area (Å²) in [4.78, 5) is 2.31. The normalized spacial score (nSPS) is 15.5. The van der Waals surface area contributed by atoms with Gasteiger partial charge in [0, 0.05) is 0 Å². The molecule has 0 N–H and O–H groups in total. The first-order chi connectivity index (χ1) is 12.5. The molecule has 0 radical (unpaired) electrons. The minimum atomic E-state index is -0.226. The molecule has 136 valence electrons. The fraction of sp³-hybridized carbons (Fsp3) is 0.333. The van der Waals surface area contributed by atoms with Gasteiger partial charge in [0.15, 0.2) is 0 Å². The van der Waals surface area contributed by atoms with Crippen LogP contribution in [0.3, 0.4) is 0 Å². The standard InChI is InChI=1S/C13H17NO.5CO.Cr/c1-4-14-12(10-15-13(14,2)3)11-8-6-5-7-9-11;5*1-2;/h5-9,12H,10H2,1-3H3;;;;;;/t12-;;;;;;/m1....../s1/i4+1;5*1+1;. The number of nitrogens with zero attached hydrogens (tertiary/aromatic N) is 1. The van der Waals surface area contributed by atoms with E-state index in [0.29, 0.717) is 6.04 Å². The second-order valence-electron chi connectivity index (χ2n) is 4.57. The summed E-state index contributed by atoms with van der Waals surface area (Å²) in [6, 6.07) is 10.8. The predicted octanol–water partition coefficient (Wildman–Crippen LogP) is 2.31. The second kappa shape index (κ2) is 21.3. The summed E-state index contributed by atoms with van der Waals surface area (Å²) in [6.07, 6.45) is 0. The van der Waals surface area contributed by atoms with Gasteiger partial charge in [-0.05, 0) is 0 Å². The molecule has 1 fully saturated rings. The average Bonchev–Trinajstić information content (AvgIpc) is 3.05. The van der Waals surface area contributed by atoms with Crippen LogP contribution in [0.2, 0.25) is 0 Å². The van der Waals surface area contributed by atoms with E-state index >= 15 is 0 Å². The summed E-state index contributed by atoms with van der Waals surface area (Å²) in [6.45, 7) is 29.6. The Bertz CT molecular complexity index is 554. The summed E-state index contributed by atoms with van der Waals surface area (Å²) in [5, 5.41) is 0. The monoisotopic (exact) mass is 401 g/mol. The molecule has 26 heavy (non-hydrogen) atoms. The average molecular weight is 401 g/mol. The quantitative estimate of drug-likeness (QED) is 0.430. The first-order valence-corrected chi connectivity index (χ1v) is 7.17. The van der Waals surface area contributed by atoms with Gasteiger partial charge < -0.3 is 0 Å². The van der Waals surface area contributed by atoms with Crippen molar-refractivity contribution in [1.29, 1.82) is 0 Å². The summed E-state index contributed by atoms with van der Waals surface area (Å²) in [5.74, 6) is 0. The van der Waals surface area contributed by atoms with Crippen molar-refractivity contribution < 1.29 is 43.8 Å². The Morgan fingerprint density at radius 3 is 1.69 bits per heavy atom. The zero-order valence-corrected chi connectivity index (χ0v) is 15.8. The fourth-order valence-corrected chi connectivity index (χ4v) is 2.86. The molecule has 0 unspecified atom stereocenters. The van der Waals surface area contributed by atoms with E-state index in [4.69, 9.17) is 28.0 Å². The first-order valence-electron chi connectivity index (χ1n) is 6.53. The molecule has 1 aromatic rings. The molecule has 7 nitrogen and oxygen atoms in total. The third-order valence-electron chi connectivity index (χ3n) is 3.01. The van der Waals surface area contributed by atoms with Crippen molar-refractivity contribution in [2.24, 2.45) is 0 Å². The third kappa shape index (κ3) is 11.0. The molecule has 1 heterocycles. The number of hydrogen-bond donors (Lipinski definition) is 0. The molecule has 1 aromatic carbocycles. The van der Waals surface area contributed by atoms with E-state index < -0.39 is 0 Å². The first kappa shape index (κ1) is 32.0. The molecule has 2 rings (SSSR count). The third-order valence-corrected chi connectivity index (χ3v) is 3.32. The van der Waals surface area contributed by atoms with Gasteiger partial charge in [-0.3, -0.25) is 0 Å². The molecular formula is C18H17CrNO6. The zero-order chi connectivity index (χ0) is 21.8. The van der Waals surface area contributed by atoms with Gasteiger partial charge in [-0.15, -0.1) is 0 Å². The topological polar surface area (TPSA) is 112 Å². The van der Waals surface area contributed by atoms with Crippen LogP contribution in [0.5, 0.6) is 0 Å². The van der Waals surface area contributed by atoms with Gasteiger partial charge in [-0.2, -0.15) is 0 Å². The second-order valence-corrected chi connectivity index (χ2v) is 5.50. The van der Waals surface area contributed by atoms with Crippen LogP contribution >= 0.6 is 0 Å². The molecule has 0 aromatic heterocycles. The van der Waals surface area contributed by atoms with Crippen LogP contribution in [-0.2, 0) is 43.8 Å². The molecule has 0 amide bonds. The van der Waals surface area contributed by atoms with E-state index in [9.17, 15) is 0 Å².